The van der Waals surface area contributed by atoms with E-state index in [9.17, 15) is 46.5 Å². The number of alkyl halides is 6. The van der Waals surface area contributed by atoms with Crippen LogP contribution in [0.3, 0.4) is 0 Å². The summed E-state index contributed by atoms with van der Waals surface area (Å²) < 4.78 is 72.5. The topological polar surface area (TPSA) is 239 Å². The molecule has 4 N–H and O–H groups in total. The number of halogens is 6. The normalized spacial score (nSPS) is 12.3. The molecule has 0 saturated heterocycles. The van der Waals surface area contributed by atoms with Crippen molar-refractivity contribution >= 4 is 71.6 Å². The van der Waals surface area contributed by atoms with Crippen LogP contribution in [0.1, 0.15) is 62.1 Å². The monoisotopic (exact) mass is 1160 g/mol. The van der Waals surface area contributed by atoms with Crippen LogP contribution in [0, 0.1) is 6.92 Å². The zero-order chi connectivity index (χ0) is 58.8. The second kappa shape index (κ2) is 34.1. The predicted molar refractivity (Wildman–Crippen MR) is 293 cm³/mol. The number of rotatable bonds is 23. The molecule has 18 nitrogen and oxygen atoms in total. The summed E-state index contributed by atoms with van der Waals surface area (Å²) in [7, 11) is -0.884. The molecule has 4 rings (SSSR count). The maximum atomic E-state index is 13.1. The van der Waals surface area contributed by atoms with Crippen LogP contribution >= 0.6 is 42.2 Å². The van der Waals surface area contributed by atoms with Gasteiger partial charge >= 0.3 is 23.8 Å². The van der Waals surface area contributed by atoms with Crippen molar-refractivity contribution in [3.63, 3.8) is 0 Å². The van der Waals surface area contributed by atoms with E-state index >= 15 is 0 Å². The molecule has 1 aromatic heterocycles. The number of aliphatic carboxylic acids is 1. The summed E-state index contributed by atoms with van der Waals surface area (Å²) in [6, 6.07) is 16.7. The minimum atomic E-state index is -4.84. The first-order valence-corrected chi connectivity index (χ1v) is 27.4. The average molecular weight is 1170 g/mol. The highest BCUT2D eigenvalue weighted by atomic mass is 35.5. The van der Waals surface area contributed by atoms with E-state index in [0.29, 0.717) is 52.0 Å². The SMILES string of the molecule is C=CCN(CC=C)C(=O)C(Cl)Cl.CCOCN(C(=O)CCl)c1c(C)cccc1CC.CCc1ccc(COc2ccc(-n3c(=O)cc(C(F)(F)F)n(C)c3=O)cc2)c(OC(C)C(=O)OC)c1.CP(=O)(O)CCC(N)C(=O)O. The molecule has 3 unspecified atom stereocenters. The average Bonchev–Trinajstić information content (AvgIpc) is 3.38. The molecular weight excluding hydrogens is 1100 g/mol. The van der Waals surface area contributed by atoms with Crippen molar-refractivity contribution < 1.29 is 65.9 Å². The lowest BCUT2D eigenvalue weighted by Gasteiger charge is -2.25. The van der Waals surface area contributed by atoms with Gasteiger partial charge in [0, 0.05) is 51.2 Å². The predicted octanol–water partition coefficient (Wildman–Crippen LogP) is 8.44. The molecule has 3 aromatic carbocycles. The minimum Gasteiger partial charge on any atom is -0.489 e. The Labute approximate surface area is 461 Å². The lowest BCUT2D eigenvalue weighted by Crippen LogP contribution is -2.40. The lowest BCUT2D eigenvalue weighted by atomic mass is 10.0. The number of esters is 1. The van der Waals surface area contributed by atoms with Crippen LogP contribution in [0.5, 0.6) is 11.5 Å². The Hall–Kier alpha value is -5.93. The zero-order valence-corrected chi connectivity index (χ0v) is 47.4. The summed E-state index contributed by atoms with van der Waals surface area (Å²) in [4.78, 5) is 80.6. The Morgan fingerprint density at radius 1 is 0.948 bits per heavy atom. The summed E-state index contributed by atoms with van der Waals surface area (Å²) in [5, 5.41) is 8.28. The molecule has 3 atom stereocenters. The van der Waals surface area contributed by atoms with Crippen LogP contribution in [0.2, 0.25) is 0 Å². The lowest BCUT2D eigenvalue weighted by molar-refractivity contribution is -0.148. The first-order valence-electron chi connectivity index (χ1n) is 23.7. The maximum Gasteiger partial charge on any atom is 0.431 e. The molecule has 1 heterocycles. The van der Waals surface area contributed by atoms with Crippen molar-refractivity contribution in [1.29, 1.82) is 0 Å². The standard InChI is InChI=1S/C25H25F3N2O6.C14H20ClNO2.C8H11Cl2NO.C5H12NO4P/c1-5-16-6-7-17(20(12-16)36-15(2)23(32)34-4)14-35-19-10-8-18(9-11-19)30-22(31)13-21(25(26,27)28)29(3)24(30)33;1-4-12-8-6-7-11(3)14(12)16(10-18-5-2)13(17)9-15;1-3-5-11(6-4-2)8(12)7(9)10;1-11(9,10)3-2-4(6)5(7)8/h6-13,15H,5,14H2,1-4H3;6-8H,4-5,9-10H2,1-3H3;3-4,7H,1-2,5-6H2;4H,2-3,6H2,1H3,(H,7,8)(H,9,10). The molecule has 0 bridgehead atoms. The van der Waals surface area contributed by atoms with Gasteiger partial charge in [-0.15, -0.1) is 24.8 Å². The number of carbonyl (C=O) groups excluding carboxylic acids is 3. The van der Waals surface area contributed by atoms with Crippen LogP contribution in [0.15, 0.2) is 102 Å². The molecule has 0 aliphatic heterocycles. The van der Waals surface area contributed by atoms with Gasteiger partial charge < -0.3 is 39.6 Å². The third-order valence-electron chi connectivity index (χ3n) is 10.7. The second-order valence-electron chi connectivity index (χ2n) is 16.5. The number of ether oxygens (including phenoxy) is 4. The van der Waals surface area contributed by atoms with Crippen molar-refractivity contribution in [2.24, 2.45) is 12.8 Å². The van der Waals surface area contributed by atoms with E-state index in [1.807, 2.05) is 57.2 Å². The molecule has 0 aliphatic rings. The third-order valence-corrected chi connectivity index (χ3v) is 12.3. The molecule has 77 heavy (non-hydrogen) atoms. The number of aromatic nitrogens is 2. The van der Waals surface area contributed by atoms with Gasteiger partial charge in [-0.05, 0) is 87.1 Å². The van der Waals surface area contributed by atoms with Crippen LogP contribution in [0.4, 0.5) is 18.9 Å². The Balaban J connectivity index is 0.000000598. The number of carbonyl (C=O) groups is 4. The second-order valence-corrected chi connectivity index (χ2v) is 20.5. The van der Waals surface area contributed by atoms with Crippen molar-refractivity contribution in [2.45, 2.75) is 83.6 Å². The van der Waals surface area contributed by atoms with E-state index in [4.69, 9.17) is 69.5 Å². The number of benzene rings is 3. The van der Waals surface area contributed by atoms with Gasteiger partial charge in [-0.2, -0.15) is 13.2 Å². The number of hydrogen-bond acceptors (Lipinski definition) is 12. The minimum absolute atomic E-state index is 0.0371. The van der Waals surface area contributed by atoms with E-state index in [0.717, 1.165) is 42.3 Å². The van der Waals surface area contributed by atoms with Crippen molar-refractivity contribution in [3.05, 3.63) is 141 Å². The first kappa shape index (κ1) is 69.1. The van der Waals surface area contributed by atoms with E-state index in [-0.39, 0.29) is 49.3 Å². The fraction of sp³-hybridized carbons (Fsp3) is 0.423. The molecule has 0 saturated carbocycles. The highest BCUT2D eigenvalue weighted by Crippen LogP contribution is 2.36. The van der Waals surface area contributed by atoms with Gasteiger partial charge in [0.1, 0.15) is 42.5 Å². The summed E-state index contributed by atoms with van der Waals surface area (Å²) in [6.45, 7) is 19.5. The van der Waals surface area contributed by atoms with Crippen LogP contribution in [-0.4, -0.2) is 117 Å². The Morgan fingerprint density at radius 2 is 1.56 bits per heavy atom. The summed E-state index contributed by atoms with van der Waals surface area (Å²) in [5.41, 5.74) is 6.41. The molecule has 426 valence electrons. The van der Waals surface area contributed by atoms with Crippen LogP contribution in [0.25, 0.3) is 5.69 Å². The Kier molecular flexibility index (Phi) is 30.6. The number of nitrogens with zero attached hydrogens (tertiary/aromatic N) is 4. The number of aryl methyl sites for hydroxylation is 3. The molecule has 4 aromatic rings. The number of methoxy groups -OCH3 is 1. The maximum absolute atomic E-state index is 13.1. The zero-order valence-electron chi connectivity index (χ0n) is 44.2. The number of amides is 2. The fourth-order valence-electron chi connectivity index (χ4n) is 6.55. The van der Waals surface area contributed by atoms with Crippen LogP contribution in [-0.2, 0) is 65.9 Å². The quantitative estimate of drug-likeness (QED) is 0.0208. The number of carboxylic acids is 1. The Bertz CT molecular complexity index is 2740. The molecule has 25 heteroatoms. The van der Waals surface area contributed by atoms with Gasteiger partial charge in [0.15, 0.2) is 18.3 Å². The number of carboxylic acid groups (broad SMARTS) is 1. The highest BCUT2D eigenvalue weighted by Gasteiger charge is 2.35. The van der Waals surface area contributed by atoms with Crippen molar-refractivity contribution in [1.82, 2.24) is 14.0 Å². The Morgan fingerprint density at radius 3 is 2.04 bits per heavy atom. The van der Waals surface area contributed by atoms with E-state index in [1.165, 1.54) is 42.9 Å². The van der Waals surface area contributed by atoms with Gasteiger partial charge in [0.05, 0.1) is 18.5 Å². The summed E-state index contributed by atoms with van der Waals surface area (Å²) >= 11 is 16.5. The van der Waals surface area contributed by atoms with Crippen molar-refractivity contribution in [2.75, 3.05) is 57.1 Å². The highest BCUT2D eigenvalue weighted by molar-refractivity contribution is 7.57. The largest absolute Gasteiger partial charge is 0.489 e. The van der Waals surface area contributed by atoms with E-state index in [2.05, 4.69) is 20.1 Å². The van der Waals surface area contributed by atoms with Gasteiger partial charge in [-0.3, -0.25) is 33.2 Å². The number of anilines is 1. The molecule has 0 fully saturated rings. The van der Waals surface area contributed by atoms with E-state index < -0.39 is 59.4 Å². The molecule has 0 spiro atoms. The van der Waals surface area contributed by atoms with Crippen LogP contribution < -0.4 is 31.4 Å². The third kappa shape index (κ3) is 23.3. The van der Waals surface area contributed by atoms with Gasteiger partial charge in [-0.1, -0.05) is 79.5 Å². The number of nitrogens with two attached hydrogens (primary N) is 1. The van der Waals surface area contributed by atoms with E-state index in [1.54, 1.807) is 24.0 Å². The van der Waals surface area contributed by atoms with Gasteiger partial charge in [0.2, 0.25) is 5.91 Å². The molecular formula is C52H68Cl3F3N5O13P. The number of para-hydroxylation sites is 1. The van der Waals surface area contributed by atoms with Gasteiger partial charge in [0.25, 0.3) is 11.5 Å². The summed E-state index contributed by atoms with van der Waals surface area (Å²) in [6.07, 6.45) is -0.820. The first-order chi connectivity index (χ1) is 36.1. The number of hydrogen-bond donors (Lipinski definition) is 3. The molecule has 0 radical (unpaired) electrons. The summed E-state index contributed by atoms with van der Waals surface area (Å²) in [5.74, 6) is -1.31. The van der Waals surface area contributed by atoms with Gasteiger partial charge in [-0.25, -0.2) is 14.2 Å². The smallest absolute Gasteiger partial charge is 0.431 e. The molecule has 0 aliphatic carbocycles. The fourth-order valence-corrected chi connectivity index (χ4v) is 7.73. The molecule has 2 amide bonds. The van der Waals surface area contributed by atoms with Crippen molar-refractivity contribution in [3.8, 4) is 17.2 Å².